The van der Waals surface area contributed by atoms with Crippen LogP contribution in [-0.2, 0) is 14.3 Å². The van der Waals surface area contributed by atoms with E-state index in [1.807, 2.05) is 79.4 Å². The lowest BCUT2D eigenvalue weighted by Gasteiger charge is -2.46. The summed E-state index contributed by atoms with van der Waals surface area (Å²) in [6, 6.07) is 19.3. The lowest BCUT2D eigenvalue weighted by atomic mass is 9.80. The molecule has 0 N–H and O–H groups in total. The highest BCUT2D eigenvalue weighted by molar-refractivity contribution is 5.76. The van der Waals surface area contributed by atoms with Gasteiger partial charge in [0.15, 0.2) is 0 Å². The minimum absolute atomic E-state index is 0.00854. The summed E-state index contributed by atoms with van der Waals surface area (Å²) in [4.78, 5) is 26.5. The molecule has 1 aliphatic heterocycles. The number of ether oxygens (including phenoxy) is 1. The van der Waals surface area contributed by atoms with Crippen molar-refractivity contribution in [3.63, 3.8) is 0 Å². The molecule has 1 amide bonds. The molecule has 1 heterocycles. The van der Waals surface area contributed by atoms with Crippen LogP contribution in [0.25, 0.3) is 0 Å². The molecule has 0 aromatic heterocycles. The zero-order chi connectivity index (χ0) is 19.6. The summed E-state index contributed by atoms with van der Waals surface area (Å²) in [5, 5.41) is 0. The lowest BCUT2D eigenvalue weighted by Crippen LogP contribution is -2.44. The Labute approximate surface area is 160 Å². The average molecular weight is 363 g/mol. The SMILES string of the molecule is CC(=O)OC1=C(C)[C@@H](c2ccccc2)N(C(C)=O)[C@@H](c2ccccc2)[C@H]1C. The van der Waals surface area contributed by atoms with Gasteiger partial charge in [0.2, 0.25) is 5.91 Å². The number of carbonyl (C=O) groups excluding carboxylic acids is 2. The zero-order valence-corrected chi connectivity index (χ0v) is 16.2. The van der Waals surface area contributed by atoms with Crippen molar-refractivity contribution in [3.8, 4) is 0 Å². The van der Waals surface area contributed by atoms with Crippen LogP contribution in [0.5, 0.6) is 0 Å². The molecule has 3 rings (SSSR count). The fourth-order valence-electron chi connectivity index (χ4n) is 4.10. The summed E-state index contributed by atoms with van der Waals surface area (Å²) in [5.74, 6) is 0.166. The molecule has 3 atom stereocenters. The number of hydrogen-bond donors (Lipinski definition) is 0. The van der Waals surface area contributed by atoms with Crippen LogP contribution in [0.4, 0.5) is 0 Å². The second-order valence-corrected chi connectivity index (χ2v) is 7.02. The standard InChI is InChI=1S/C23H25NO3/c1-15-21(19-11-7-5-8-12-19)24(17(3)25)22(20-13-9-6-10-14-20)16(2)23(15)27-18(4)26/h5-15,21-22H,1-4H3/t15-,21-,22+/m1/s1. The van der Waals surface area contributed by atoms with E-state index in [4.69, 9.17) is 4.74 Å². The Morgan fingerprint density at radius 3 is 1.89 bits per heavy atom. The third-order valence-corrected chi connectivity index (χ3v) is 5.14. The summed E-state index contributed by atoms with van der Waals surface area (Å²) in [6.45, 7) is 6.97. The van der Waals surface area contributed by atoms with Crippen LogP contribution >= 0.6 is 0 Å². The summed E-state index contributed by atoms with van der Waals surface area (Å²) >= 11 is 0. The van der Waals surface area contributed by atoms with Gasteiger partial charge >= 0.3 is 5.97 Å². The lowest BCUT2D eigenvalue weighted by molar-refractivity contribution is -0.141. The first kappa shape index (κ1) is 18.9. The van der Waals surface area contributed by atoms with Gasteiger partial charge in [0.1, 0.15) is 5.76 Å². The Morgan fingerprint density at radius 2 is 1.41 bits per heavy atom. The van der Waals surface area contributed by atoms with Gasteiger partial charge in [-0.25, -0.2) is 0 Å². The zero-order valence-electron chi connectivity index (χ0n) is 16.2. The first-order chi connectivity index (χ1) is 12.9. The normalized spacial score (nSPS) is 22.5. The molecule has 27 heavy (non-hydrogen) atoms. The molecule has 0 unspecified atom stereocenters. The molecule has 0 spiro atoms. The average Bonchev–Trinajstić information content (AvgIpc) is 2.65. The van der Waals surface area contributed by atoms with Crippen molar-refractivity contribution in [2.24, 2.45) is 5.92 Å². The van der Waals surface area contributed by atoms with Crippen LogP contribution in [0.3, 0.4) is 0 Å². The Bertz CT molecular complexity index is 858. The fourth-order valence-corrected chi connectivity index (χ4v) is 4.10. The van der Waals surface area contributed by atoms with Crippen molar-refractivity contribution >= 4 is 11.9 Å². The van der Waals surface area contributed by atoms with E-state index in [0.29, 0.717) is 5.76 Å². The number of hydrogen-bond acceptors (Lipinski definition) is 3. The third kappa shape index (κ3) is 3.65. The number of esters is 1. The van der Waals surface area contributed by atoms with Gasteiger partial charge < -0.3 is 9.64 Å². The van der Waals surface area contributed by atoms with Crippen LogP contribution in [0.1, 0.15) is 50.9 Å². The Morgan fingerprint density at radius 1 is 0.889 bits per heavy atom. The molecular formula is C23H25NO3. The highest BCUT2D eigenvalue weighted by atomic mass is 16.5. The second-order valence-electron chi connectivity index (χ2n) is 7.02. The molecular weight excluding hydrogens is 338 g/mol. The second kappa shape index (κ2) is 7.78. The molecule has 0 radical (unpaired) electrons. The summed E-state index contributed by atoms with van der Waals surface area (Å²) in [6.07, 6.45) is 0. The first-order valence-corrected chi connectivity index (χ1v) is 9.19. The van der Waals surface area contributed by atoms with E-state index in [9.17, 15) is 9.59 Å². The maximum Gasteiger partial charge on any atom is 0.307 e. The van der Waals surface area contributed by atoms with Gasteiger partial charge in [-0.1, -0.05) is 67.6 Å². The summed E-state index contributed by atoms with van der Waals surface area (Å²) < 4.78 is 5.65. The molecule has 0 fully saturated rings. The summed E-state index contributed by atoms with van der Waals surface area (Å²) in [5.41, 5.74) is 2.92. The van der Waals surface area contributed by atoms with E-state index >= 15 is 0 Å². The van der Waals surface area contributed by atoms with Gasteiger partial charge in [-0.3, -0.25) is 9.59 Å². The van der Waals surface area contributed by atoms with E-state index in [2.05, 4.69) is 0 Å². The third-order valence-electron chi connectivity index (χ3n) is 5.14. The molecule has 140 valence electrons. The smallest absolute Gasteiger partial charge is 0.307 e. The minimum Gasteiger partial charge on any atom is -0.431 e. The topological polar surface area (TPSA) is 46.6 Å². The van der Waals surface area contributed by atoms with Crippen LogP contribution in [-0.4, -0.2) is 16.8 Å². The number of benzene rings is 2. The van der Waals surface area contributed by atoms with Gasteiger partial charge in [-0.15, -0.1) is 0 Å². The van der Waals surface area contributed by atoms with Crippen molar-refractivity contribution < 1.29 is 14.3 Å². The predicted molar refractivity (Wildman–Crippen MR) is 105 cm³/mol. The van der Waals surface area contributed by atoms with Crippen molar-refractivity contribution in [3.05, 3.63) is 83.1 Å². The molecule has 4 heteroatoms. The number of nitrogens with zero attached hydrogens (tertiary/aromatic N) is 1. The fraction of sp³-hybridized carbons (Fsp3) is 0.304. The van der Waals surface area contributed by atoms with E-state index in [-0.39, 0.29) is 29.9 Å². The Kier molecular flexibility index (Phi) is 5.45. The highest BCUT2D eigenvalue weighted by Crippen LogP contribution is 2.48. The van der Waals surface area contributed by atoms with Crippen molar-refractivity contribution in [2.75, 3.05) is 0 Å². The van der Waals surface area contributed by atoms with E-state index in [0.717, 1.165) is 16.7 Å². The van der Waals surface area contributed by atoms with Crippen LogP contribution in [0.15, 0.2) is 72.0 Å². The van der Waals surface area contributed by atoms with Crippen molar-refractivity contribution in [2.45, 2.75) is 39.8 Å². The van der Waals surface area contributed by atoms with E-state index in [1.54, 1.807) is 6.92 Å². The van der Waals surface area contributed by atoms with E-state index in [1.165, 1.54) is 6.92 Å². The number of rotatable bonds is 3. The molecule has 1 aliphatic rings. The molecule has 0 bridgehead atoms. The number of amides is 1. The van der Waals surface area contributed by atoms with Crippen LogP contribution in [0.2, 0.25) is 0 Å². The maximum absolute atomic E-state index is 12.8. The highest BCUT2D eigenvalue weighted by Gasteiger charge is 2.43. The van der Waals surface area contributed by atoms with Crippen LogP contribution in [0, 0.1) is 5.92 Å². The maximum atomic E-state index is 12.8. The largest absolute Gasteiger partial charge is 0.431 e. The quantitative estimate of drug-likeness (QED) is 0.736. The molecule has 0 saturated carbocycles. The van der Waals surface area contributed by atoms with E-state index < -0.39 is 0 Å². The molecule has 0 saturated heterocycles. The van der Waals surface area contributed by atoms with Crippen molar-refractivity contribution in [1.82, 2.24) is 4.90 Å². The molecule has 4 nitrogen and oxygen atoms in total. The monoisotopic (exact) mass is 363 g/mol. The van der Waals surface area contributed by atoms with Gasteiger partial charge in [0.05, 0.1) is 12.1 Å². The van der Waals surface area contributed by atoms with Crippen molar-refractivity contribution in [1.29, 1.82) is 0 Å². The van der Waals surface area contributed by atoms with Gasteiger partial charge in [-0.2, -0.15) is 0 Å². The summed E-state index contributed by atoms with van der Waals surface area (Å²) in [7, 11) is 0. The van der Waals surface area contributed by atoms with Gasteiger partial charge in [-0.05, 0) is 23.6 Å². The number of carbonyl (C=O) groups is 2. The van der Waals surface area contributed by atoms with Gasteiger partial charge in [0, 0.05) is 19.8 Å². The van der Waals surface area contributed by atoms with Gasteiger partial charge in [0.25, 0.3) is 0 Å². The minimum atomic E-state index is -0.342. The Hall–Kier alpha value is -2.88. The molecule has 2 aromatic carbocycles. The predicted octanol–water partition coefficient (Wildman–Crippen LogP) is 4.80. The first-order valence-electron chi connectivity index (χ1n) is 9.19. The Balaban J connectivity index is 2.23. The molecule has 0 aliphatic carbocycles. The molecule has 2 aromatic rings. The van der Waals surface area contributed by atoms with Crippen LogP contribution < -0.4 is 0 Å².